The zero-order valence-electron chi connectivity index (χ0n) is 10.0. The molecule has 1 aromatic rings. The first kappa shape index (κ1) is 13.2. The second kappa shape index (κ2) is 6.07. The lowest BCUT2D eigenvalue weighted by molar-refractivity contribution is 0.0955. The largest absolute Gasteiger partial charge is 0.391 e. The molecule has 3 N–H and O–H groups in total. The maximum absolute atomic E-state index is 11.8. The van der Waals surface area contributed by atoms with Crippen LogP contribution in [-0.2, 0) is 0 Å². The molecule has 0 aromatic heterocycles. The van der Waals surface area contributed by atoms with E-state index >= 15 is 0 Å². The summed E-state index contributed by atoms with van der Waals surface area (Å²) in [5, 5.41) is 15.8. The maximum Gasteiger partial charge on any atom is 0.319 e. The molecule has 0 radical (unpaired) electrons. The van der Waals surface area contributed by atoms with Gasteiger partial charge in [0.15, 0.2) is 0 Å². The van der Waals surface area contributed by atoms with E-state index in [9.17, 15) is 9.90 Å². The van der Waals surface area contributed by atoms with Gasteiger partial charge in [-0.05, 0) is 31.0 Å². The molecule has 4 nitrogen and oxygen atoms in total. The van der Waals surface area contributed by atoms with Gasteiger partial charge >= 0.3 is 6.03 Å². The molecule has 5 heteroatoms. The molecule has 18 heavy (non-hydrogen) atoms. The topological polar surface area (TPSA) is 61.4 Å². The molecule has 1 saturated carbocycles. The van der Waals surface area contributed by atoms with Gasteiger partial charge in [-0.3, -0.25) is 0 Å². The van der Waals surface area contributed by atoms with Crippen LogP contribution in [0.5, 0.6) is 0 Å². The molecule has 2 atom stereocenters. The minimum absolute atomic E-state index is 0.155. The fourth-order valence-electron chi connectivity index (χ4n) is 2.18. The molecule has 0 aliphatic heterocycles. The standard InChI is InChI=1S/C13H17ClN2O2/c14-9-4-3-5-10(8-9)15-13(18)16-11-6-1-2-7-12(11)17/h3-5,8,11-12,17H,1-2,6-7H2,(H2,15,16,18)/t11-,12-/m1/s1. The Bertz CT molecular complexity index is 425. The molecule has 0 bridgehead atoms. The second-order valence-corrected chi connectivity index (χ2v) is 5.00. The third-order valence-electron chi connectivity index (χ3n) is 3.13. The average Bonchev–Trinajstić information content (AvgIpc) is 2.32. The summed E-state index contributed by atoms with van der Waals surface area (Å²) in [5.74, 6) is 0. The van der Waals surface area contributed by atoms with Crippen LogP contribution < -0.4 is 10.6 Å². The zero-order chi connectivity index (χ0) is 13.0. The maximum atomic E-state index is 11.8. The van der Waals surface area contributed by atoms with Gasteiger partial charge in [-0.25, -0.2) is 4.79 Å². The van der Waals surface area contributed by atoms with E-state index in [1.165, 1.54) is 0 Å². The van der Waals surface area contributed by atoms with Crippen LogP contribution in [0.15, 0.2) is 24.3 Å². The van der Waals surface area contributed by atoms with Gasteiger partial charge in [0, 0.05) is 10.7 Å². The van der Waals surface area contributed by atoms with Crippen molar-refractivity contribution in [3.05, 3.63) is 29.3 Å². The SMILES string of the molecule is O=C(Nc1cccc(Cl)c1)N[C@@H]1CCCC[C@H]1O. The molecule has 98 valence electrons. The summed E-state index contributed by atoms with van der Waals surface area (Å²) >= 11 is 5.83. The lowest BCUT2D eigenvalue weighted by Gasteiger charge is -2.28. The smallest absolute Gasteiger partial charge is 0.319 e. The summed E-state index contributed by atoms with van der Waals surface area (Å²) in [4.78, 5) is 11.8. The van der Waals surface area contributed by atoms with Gasteiger partial charge in [0.05, 0.1) is 12.1 Å². The highest BCUT2D eigenvalue weighted by atomic mass is 35.5. The number of rotatable bonds is 2. The van der Waals surface area contributed by atoms with Crippen molar-refractivity contribution in [1.82, 2.24) is 5.32 Å². The molecule has 0 spiro atoms. The number of aliphatic hydroxyl groups excluding tert-OH is 1. The minimum atomic E-state index is -0.441. The van der Waals surface area contributed by atoms with Crippen LogP contribution in [0.4, 0.5) is 10.5 Å². The number of hydrogen-bond donors (Lipinski definition) is 3. The van der Waals surface area contributed by atoms with E-state index in [2.05, 4.69) is 10.6 Å². The van der Waals surface area contributed by atoms with Crippen molar-refractivity contribution in [2.45, 2.75) is 37.8 Å². The lowest BCUT2D eigenvalue weighted by atomic mass is 9.93. The number of nitrogens with one attached hydrogen (secondary N) is 2. The van der Waals surface area contributed by atoms with E-state index in [0.717, 1.165) is 25.7 Å². The van der Waals surface area contributed by atoms with Crippen LogP contribution in [0.1, 0.15) is 25.7 Å². The molecule has 0 heterocycles. The van der Waals surface area contributed by atoms with Crippen molar-refractivity contribution in [1.29, 1.82) is 0 Å². The molecular formula is C13H17ClN2O2. The van der Waals surface area contributed by atoms with Gasteiger partial charge in [0.1, 0.15) is 0 Å². The summed E-state index contributed by atoms with van der Waals surface area (Å²) in [6.07, 6.45) is 3.20. The van der Waals surface area contributed by atoms with Crippen LogP contribution in [0.25, 0.3) is 0 Å². The number of halogens is 1. The van der Waals surface area contributed by atoms with Gasteiger partial charge < -0.3 is 15.7 Å². The first-order valence-corrected chi connectivity index (χ1v) is 6.54. The first-order chi connectivity index (χ1) is 8.65. The molecule has 1 aliphatic rings. The van der Waals surface area contributed by atoms with Crippen molar-refractivity contribution in [3.8, 4) is 0 Å². The van der Waals surface area contributed by atoms with Gasteiger partial charge in [-0.15, -0.1) is 0 Å². The summed E-state index contributed by atoms with van der Waals surface area (Å²) in [6.45, 7) is 0. The van der Waals surface area contributed by atoms with Crippen molar-refractivity contribution in [2.75, 3.05) is 5.32 Å². The number of amides is 2. The Morgan fingerprint density at radius 1 is 1.33 bits per heavy atom. The summed E-state index contributed by atoms with van der Waals surface area (Å²) < 4.78 is 0. The minimum Gasteiger partial charge on any atom is -0.391 e. The highest BCUT2D eigenvalue weighted by Gasteiger charge is 2.24. The number of carbonyl (C=O) groups excluding carboxylic acids is 1. The van der Waals surface area contributed by atoms with E-state index < -0.39 is 6.10 Å². The van der Waals surface area contributed by atoms with E-state index in [4.69, 9.17) is 11.6 Å². The van der Waals surface area contributed by atoms with Crippen LogP contribution in [0.2, 0.25) is 5.02 Å². The third kappa shape index (κ3) is 3.62. The quantitative estimate of drug-likeness (QED) is 0.772. The van der Waals surface area contributed by atoms with Crippen molar-refractivity contribution in [3.63, 3.8) is 0 Å². The third-order valence-corrected chi connectivity index (χ3v) is 3.36. The fourth-order valence-corrected chi connectivity index (χ4v) is 2.37. The lowest BCUT2D eigenvalue weighted by Crippen LogP contribution is -2.46. The molecule has 1 aliphatic carbocycles. The first-order valence-electron chi connectivity index (χ1n) is 6.16. The molecule has 2 rings (SSSR count). The summed E-state index contributed by atoms with van der Waals surface area (Å²) in [5.41, 5.74) is 0.644. The highest BCUT2D eigenvalue weighted by molar-refractivity contribution is 6.30. The normalized spacial score (nSPS) is 23.4. The molecule has 2 amide bonds. The van der Waals surface area contributed by atoms with Gasteiger partial charge in [0.2, 0.25) is 0 Å². The average molecular weight is 269 g/mol. The van der Waals surface area contributed by atoms with Crippen LogP contribution in [0, 0.1) is 0 Å². The summed E-state index contributed by atoms with van der Waals surface area (Å²) in [6, 6.07) is 6.51. The van der Waals surface area contributed by atoms with Gasteiger partial charge in [0.25, 0.3) is 0 Å². The fraction of sp³-hybridized carbons (Fsp3) is 0.462. The van der Waals surface area contributed by atoms with Gasteiger partial charge in [-0.2, -0.15) is 0 Å². The predicted octanol–water partition coefficient (Wildman–Crippen LogP) is 2.77. The van der Waals surface area contributed by atoms with E-state index in [-0.39, 0.29) is 12.1 Å². The number of urea groups is 1. The number of benzene rings is 1. The van der Waals surface area contributed by atoms with Crippen molar-refractivity contribution < 1.29 is 9.90 Å². The Kier molecular flexibility index (Phi) is 4.44. The number of hydrogen-bond acceptors (Lipinski definition) is 2. The Balaban J connectivity index is 1.88. The number of carbonyl (C=O) groups is 1. The van der Waals surface area contributed by atoms with E-state index in [0.29, 0.717) is 10.7 Å². The second-order valence-electron chi connectivity index (χ2n) is 4.57. The Morgan fingerprint density at radius 2 is 2.11 bits per heavy atom. The molecule has 0 unspecified atom stereocenters. The van der Waals surface area contributed by atoms with Gasteiger partial charge in [-0.1, -0.05) is 30.5 Å². The molecule has 0 saturated heterocycles. The number of aliphatic hydroxyl groups is 1. The Morgan fingerprint density at radius 3 is 2.83 bits per heavy atom. The summed E-state index contributed by atoms with van der Waals surface area (Å²) in [7, 11) is 0. The highest BCUT2D eigenvalue weighted by Crippen LogP contribution is 2.19. The monoisotopic (exact) mass is 268 g/mol. The van der Waals surface area contributed by atoms with Crippen molar-refractivity contribution >= 4 is 23.3 Å². The van der Waals surface area contributed by atoms with E-state index in [1.807, 2.05) is 0 Å². The zero-order valence-corrected chi connectivity index (χ0v) is 10.8. The van der Waals surface area contributed by atoms with Crippen LogP contribution in [0.3, 0.4) is 0 Å². The van der Waals surface area contributed by atoms with Crippen LogP contribution >= 0.6 is 11.6 Å². The molecule has 1 aromatic carbocycles. The van der Waals surface area contributed by atoms with Crippen LogP contribution in [-0.4, -0.2) is 23.3 Å². The molecular weight excluding hydrogens is 252 g/mol. The number of anilines is 1. The Labute approximate surface area is 111 Å². The predicted molar refractivity (Wildman–Crippen MR) is 71.9 cm³/mol. The Hall–Kier alpha value is -1.26. The molecule has 1 fully saturated rings. The van der Waals surface area contributed by atoms with E-state index in [1.54, 1.807) is 24.3 Å². The van der Waals surface area contributed by atoms with Crippen molar-refractivity contribution in [2.24, 2.45) is 0 Å².